The number of hydrogen-bond acceptors (Lipinski definition) is 3. The molecule has 1 spiro atoms. The van der Waals surface area contributed by atoms with Crippen molar-refractivity contribution in [3.8, 4) is 5.75 Å². The molecule has 0 aromatic heterocycles. The Morgan fingerprint density at radius 1 is 1.53 bits per heavy atom. The fraction of sp³-hybridized carbons (Fsp3) is 0.538. The fourth-order valence-corrected chi connectivity index (χ4v) is 4.37. The van der Waals surface area contributed by atoms with E-state index in [4.69, 9.17) is 22.1 Å². The van der Waals surface area contributed by atoms with Gasteiger partial charge in [0.25, 0.3) is 0 Å². The number of fused-ring (bicyclic) bond motifs is 1. The van der Waals surface area contributed by atoms with E-state index in [-0.39, 0.29) is 11.6 Å². The molecule has 1 aromatic carbocycles. The summed E-state index contributed by atoms with van der Waals surface area (Å²) in [5.74, 6) is 2.08. The molecule has 2 heterocycles. The lowest BCUT2D eigenvalue weighted by Gasteiger charge is -2.41. The van der Waals surface area contributed by atoms with Crippen molar-refractivity contribution in [2.24, 2.45) is 5.73 Å². The first-order chi connectivity index (χ1) is 8.11. The SMILES string of the molecule is CC1SCCC12CC(N)c1cc(Cl)ccc1O2. The van der Waals surface area contributed by atoms with E-state index in [0.29, 0.717) is 5.25 Å². The predicted octanol–water partition coefficient (Wildman–Crippen LogP) is 3.39. The highest BCUT2D eigenvalue weighted by Crippen LogP contribution is 2.49. The van der Waals surface area contributed by atoms with Crippen molar-refractivity contribution in [2.75, 3.05) is 5.75 Å². The maximum absolute atomic E-state index is 6.28. The molecule has 92 valence electrons. The summed E-state index contributed by atoms with van der Waals surface area (Å²) in [6.45, 7) is 2.24. The average molecular weight is 270 g/mol. The topological polar surface area (TPSA) is 35.2 Å². The Labute approximate surface area is 111 Å². The summed E-state index contributed by atoms with van der Waals surface area (Å²) in [4.78, 5) is 0. The van der Waals surface area contributed by atoms with Crippen molar-refractivity contribution in [3.63, 3.8) is 0 Å². The number of thioether (sulfide) groups is 1. The van der Waals surface area contributed by atoms with Crippen molar-refractivity contribution in [3.05, 3.63) is 28.8 Å². The molecular formula is C13H16ClNOS. The van der Waals surface area contributed by atoms with Crippen LogP contribution in [0.2, 0.25) is 5.02 Å². The quantitative estimate of drug-likeness (QED) is 0.784. The van der Waals surface area contributed by atoms with Gasteiger partial charge in [-0.3, -0.25) is 0 Å². The van der Waals surface area contributed by atoms with Crippen LogP contribution in [0.5, 0.6) is 5.75 Å². The summed E-state index contributed by atoms with van der Waals surface area (Å²) in [5.41, 5.74) is 7.27. The Morgan fingerprint density at radius 2 is 2.35 bits per heavy atom. The number of nitrogens with two attached hydrogens (primary N) is 1. The lowest BCUT2D eigenvalue weighted by atomic mass is 9.84. The monoisotopic (exact) mass is 269 g/mol. The molecule has 17 heavy (non-hydrogen) atoms. The third-order valence-electron chi connectivity index (χ3n) is 3.88. The Kier molecular flexibility index (Phi) is 2.80. The number of hydrogen-bond donors (Lipinski definition) is 1. The number of rotatable bonds is 0. The Bertz CT molecular complexity index is 453. The first-order valence-electron chi connectivity index (χ1n) is 5.96. The van der Waals surface area contributed by atoms with Gasteiger partial charge in [0.15, 0.2) is 0 Å². The highest BCUT2D eigenvalue weighted by molar-refractivity contribution is 8.00. The van der Waals surface area contributed by atoms with Crippen LogP contribution in [-0.2, 0) is 0 Å². The molecule has 0 radical (unpaired) electrons. The normalized spacial score (nSPS) is 35.7. The van der Waals surface area contributed by atoms with Crippen LogP contribution in [-0.4, -0.2) is 16.6 Å². The van der Waals surface area contributed by atoms with Gasteiger partial charge in [-0.1, -0.05) is 11.6 Å². The maximum atomic E-state index is 6.28. The van der Waals surface area contributed by atoms with Gasteiger partial charge in [0.05, 0.1) is 0 Å². The van der Waals surface area contributed by atoms with Crippen LogP contribution < -0.4 is 10.5 Å². The molecule has 4 heteroatoms. The molecule has 1 saturated heterocycles. The van der Waals surface area contributed by atoms with E-state index in [9.17, 15) is 0 Å². The summed E-state index contributed by atoms with van der Waals surface area (Å²) in [5, 5.41) is 1.24. The van der Waals surface area contributed by atoms with Crippen LogP contribution in [0, 0.1) is 0 Å². The average Bonchev–Trinajstić information content (AvgIpc) is 2.62. The molecule has 2 aliphatic heterocycles. The minimum Gasteiger partial charge on any atom is -0.486 e. The van der Waals surface area contributed by atoms with Gasteiger partial charge in [-0.05, 0) is 37.3 Å². The van der Waals surface area contributed by atoms with Crippen molar-refractivity contribution < 1.29 is 4.74 Å². The summed E-state index contributed by atoms with van der Waals surface area (Å²) in [6.07, 6.45) is 1.99. The summed E-state index contributed by atoms with van der Waals surface area (Å²) >= 11 is 7.98. The first kappa shape index (κ1) is 11.7. The van der Waals surface area contributed by atoms with Gasteiger partial charge in [-0.2, -0.15) is 11.8 Å². The second-order valence-electron chi connectivity index (χ2n) is 4.92. The van der Waals surface area contributed by atoms with Gasteiger partial charge in [0.2, 0.25) is 0 Å². The van der Waals surface area contributed by atoms with E-state index in [1.54, 1.807) is 0 Å². The van der Waals surface area contributed by atoms with E-state index in [2.05, 4.69) is 6.92 Å². The van der Waals surface area contributed by atoms with Crippen molar-refractivity contribution in [2.45, 2.75) is 36.7 Å². The molecule has 2 aliphatic rings. The van der Waals surface area contributed by atoms with E-state index in [0.717, 1.165) is 34.9 Å². The van der Waals surface area contributed by atoms with Gasteiger partial charge < -0.3 is 10.5 Å². The zero-order valence-electron chi connectivity index (χ0n) is 9.78. The largest absolute Gasteiger partial charge is 0.486 e. The van der Waals surface area contributed by atoms with Gasteiger partial charge in [0, 0.05) is 28.3 Å². The molecule has 1 fully saturated rings. The molecule has 0 bridgehead atoms. The van der Waals surface area contributed by atoms with E-state index < -0.39 is 0 Å². The standard InChI is InChI=1S/C13H16ClNOS/c1-8-13(4-5-17-8)7-11(15)10-6-9(14)2-3-12(10)16-13/h2-3,6,8,11H,4-5,7,15H2,1H3. The summed E-state index contributed by atoms with van der Waals surface area (Å²) < 4.78 is 6.26. The van der Waals surface area contributed by atoms with Gasteiger partial charge >= 0.3 is 0 Å². The second-order valence-corrected chi connectivity index (χ2v) is 6.81. The molecule has 2 N–H and O–H groups in total. The maximum Gasteiger partial charge on any atom is 0.125 e. The predicted molar refractivity (Wildman–Crippen MR) is 72.9 cm³/mol. The Hall–Kier alpha value is -0.380. The van der Waals surface area contributed by atoms with Crippen LogP contribution in [0.25, 0.3) is 0 Å². The summed E-state index contributed by atoms with van der Waals surface area (Å²) in [7, 11) is 0. The van der Waals surface area contributed by atoms with Crippen LogP contribution >= 0.6 is 23.4 Å². The fourth-order valence-electron chi connectivity index (χ4n) is 2.81. The molecule has 0 aliphatic carbocycles. The Morgan fingerprint density at radius 3 is 3.06 bits per heavy atom. The van der Waals surface area contributed by atoms with Gasteiger partial charge in [-0.25, -0.2) is 0 Å². The highest BCUT2D eigenvalue weighted by Gasteiger charge is 2.47. The molecule has 1 aromatic rings. The molecule has 0 amide bonds. The molecule has 3 unspecified atom stereocenters. The van der Waals surface area contributed by atoms with E-state index in [1.807, 2.05) is 30.0 Å². The zero-order valence-corrected chi connectivity index (χ0v) is 11.4. The molecule has 2 nitrogen and oxygen atoms in total. The molecule has 3 atom stereocenters. The smallest absolute Gasteiger partial charge is 0.125 e. The Balaban J connectivity index is 2.01. The minimum atomic E-state index is -0.0646. The van der Waals surface area contributed by atoms with Crippen molar-refractivity contribution >= 4 is 23.4 Å². The molecular weight excluding hydrogens is 254 g/mol. The molecule has 3 rings (SSSR count). The van der Waals surface area contributed by atoms with Crippen LogP contribution in [0.15, 0.2) is 18.2 Å². The summed E-state index contributed by atoms with van der Waals surface area (Å²) in [6, 6.07) is 5.80. The minimum absolute atomic E-state index is 0.0404. The lowest BCUT2D eigenvalue weighted by Crippen LogP contribution is -2.47. The molecule has 0 saturated carbocycles. The van der Waals surface area contributed by atoms with Gasteiger partial charge in [0.1, 0.15) is 11.4 Å². The third kappa shape index (κ3) is 1.85. The number of halogens is 1. The number of ether oxygens (including phenoxy) is 1. The second kappa shape index (κ2) is 4.08. The van der Waals surface area contributed by atoms with Crippen LogP contribution in [0.4, 0.5) is 0 Å². The number of benzene rings is 1. The van der Waals surface area contributed by atoms with E-state index >= 15 is 0 Å². The first-order valence-corrected chi connectivity index (χ1v) is 7.39. The highest BCUT2D eigenvalue weighted by atomic mass is 35.5. The zero-order chi connectivity index (χ0) is 12.0. The van der Waals surface area contributed by atoms with Crippen molar-refractivity contribution in [1.29, 1.82) is 0 Å². The lowest BCUT2D eigenvalue weighted by molar-refractivity contribution is 0.0411. The van der Waals surface area contributed by atoms with Crippen molar-refractivity contribution in [1.82, 2.24) is 0 Å². The van der Waals surface area contributed by atoms with Gasteiger partial charge in [-0.15, -0.1) is 0 Å². The third-order valence-corrected chi connectivity index (χ3v) is 5.49. The van der Waals surface area contributed by atoms with Crippen LogP contribution in [0.3, 0.4) is 0 Å². The van der Waals surface area contributed by atoms with E-state index in [1.165, 1.54) is 0 Å². The van der Waals surface area contributed by atoms with Crippen LogP contribution in [0.1, 0.15) is 31.4 Å².